The SMILES string of the molecule is O=C([O-])c1cc(=O)[nH]c2ccc(S(=O)(=O)N3CCOCC3)cc12. The Hall–Kier alpha value is -2.23. The summed E-state index contributed by atoms with van der Waals surface area (Å²) in [5, 5.41) is 11.3. The fourth-order valence-corrected chi connectivity index (χ4v) is 3.93. The standard InChI is InChI=1S/C14H14N2O6S/c17-13-8-11(14(18)19)10-7-9(1-2-12(10)15-13)23(20,21)16-3-5-22-6-4-16/h1-2,7-8H,3-6H2,(H,15,17)(H,18,19)/p-1. The van der Waals surface area contributed by atoms with Gasteiger partial charge in [-0.2, -0.15) is 4.31 Å². The highest BCUT2D eigenvalue weighted by molar-refractivity contribution is 7.89. The van der Waals surface area contributed by atoms with E-state index in [1.807, 2.05) is 0 Å². The van der Waals surface area contributed by atoms with Gasteiger partial charge in [0.25, 0.3) is 0 Å². The van der Waals surface area contributed by atoms with Gasteiger partial charge in [0, 0.05) is 35.6 Å². The first-order valence-electron chi connectivity index (χ1n) is 6.86. The summed E-state index contributed by atoms with van der Waals surface area (Å²) in [5.41, 5.74) is -0.708. The Morgan fingerprint density at radius 2 is 1.91 bits per heavy atom. The summed E-state index contributed by atoms with van der Waals surface area (Å²) >= 11 is 0. The highest BCUT2D eigenvalue weighted by Crippen LogP contribution is 2.23. The normalized spacial score (nSPS) is 16.5. The zero-order valence-electron chi connectivity index (χ0n) is 11.9. The first-order valence-corrected chi connectivity index (χ1v) is 8.30. The van der Waals surface area contributed by atoms with Crippen LogP contribution in [-0.2, 0) is 14.8 Å². The highest BCUT2D eigenvalue weighted by Gasteiger charge is 2.26. The number of carboxylic acid groups (broad SMARTS) is 1. The number of aromatic nitrogens is 1. The highest BCUT2D eigenvalue weighted by atomic mass is 32.2. The number of carboxylic acids is 1. The summed E-state index contributed by atoms with van der Waals surface area (Å²) in [6, 6.07) is 4.82. The minimum absolute atomic E-state index is 0.0403. The van der Waals surface area contributed by atoms with E-state index in [1.165, 1.54) is 22.5 Å². The largest absolute Gasteiger partial charge is 0.545 e. The molecular weight excluding hydrogens is 324 g/mol. The van der Waals surface area contributed by atoms with Gasteiger partial charge in [-0.15, -0.1) is 0 Å². The van der Waals surface area contributed by atoms with E-state index in [9.17, 15) is 23.1 Å². The quantitative estimate of drug-likeness (QED) is 0.760. The number of nitrogens with one attached hydrogen (secondary N) is 1. The molecule has 0 amide bonds. The van der Waals surface area contributed by atoms with Crippen LogP contribution in [0.1, 0.15) is 10.4 Å². The zero-order chi connectivity index (χ0) is 16.6. The maximum atomic E-state index is 12.6. The van der Waals surface area contributed by atoms with E-state index in [0.29, 0.717) is 13.2 Å². The molecule has 1 aliphatic rings. The summed E-state index contributed by atoms with van der Waals surface area (Å²) in [6.07, 6.45) is 0. The molecular formula is C14H13N2O6S-. The van der Waals surface area contributed by atoms with Crippen LogP contribution in [0.15, 0.2) is 34.0 Å². The van der Waals surface area contributed by atoms with Gasteiger partial charge in [-0.1, -0.05) is 0 Å². The van der Waals surface area contributed by atoms with E-state index < -0.39 is 21.6 Å². The fraction of sp³-hybridized carbons (Fsp3) is 0.286. The minimum atomic E-state index is -3.76. The van der Waals surface area contributed by atoms with E-state index in [-0.39, 0.29) is 34.5 Å². The third kappa shape index (κ3) is 2.85. The molecule has 122 valence electrons. The van der Waals surface area contributed by atoms with Gasteiger partial charge in [0.2, 0.25) is 15.6 Å². The van der Waals surface area contributed by atoms with Crippen molar-refractivity contribution in [3.63, 3.8) is 0 Å². The van der Waals surface area contributed by atoms with Crippen molar-refractivity contribution in [3.8, 4) is 0 Å². The monoisotopic (exact) mass is 337 g/mol. The predicted octanol–water partition coefficient (Wildman–Crippen LogP) is -1.09. The van der Waals surface area contributed by atoms with Gasteiger partial charge < -0.3 is 19.6 Å². The number of nitrogens with zero attached hydrogens (tertiary/aromatic N) is 1. The van der Waals surface area contributed by atoms with Crippen molar-refractivity contribution in [2.45, 2.75) is 4.90 Å². The van der Waals surface area contributed by atoms with Crippen LogP contribution in [0, 0.1) is 0 Å². The van der Waals surface area contributed by atoms with Crippen molar-refractivity contribution < 1.29 is 23.1 Å². The summed E-state index contributed by atoms with van der Waals surface area (Å²) < 4.78 is 31.6. The number of rotatable bonds is 3. The van der Waals surface area contributed by atoms with Crippen LogP contribution in [-0.4, -0.2) is 50.0 Å². The van der Waals surface area contributed by atoms with Gasteiger partial charge in [0.15, 0.2) is 0 Å². The number of aromatic amines is 1. The van der Waals surface area contributed by atoms with Crippen LogP contribution in [0.3, 0.4) is 0 Å². The van der Waals surface area contributed by atoms with Crippen molar-refractivity contribution in [1.82, 2.24) is 9.29 Å². The lowest BCUT2D eigenvalue weighted by atomic mass is 10.1. The van der Waals surface area contributed by atoms with E-state index in [1.54, 1.807) is 0 Å². The lowest BCUT2D eigenvalue weighted by Crippen LogP contribution is -2.40. The molecule has 0 aliphatic carbocycles. The molecule has 3 rings (SSSR count). The number of carbonyl (C=O) groups excluding carboxylic acids is 1. The van der Waals surface area contributed by atoms with Gasteiger partial charge >= 0.3 is 0 Å². The molecule has 1 aromatic heterocycles. The van der Waals surface area contributed by atoms with Gasteiger partial charge in [0.1, 0.15) is 0 Å². The van der Waals surface area contributed by atoms with Crippen LogP contribution >= 0.6 is 0 Å². The minimum Gasteiger partial charge on any atom is -0.545 e. The van der Waals surface area contributed by atoms with Crippen LogP contribution in [0.4, 0.5) is 0 Å². The molecule has 1 aliphatic heterocycles. The number of benzene rings is 1. The zero-order valence-corrected chi connectivity index (χ0v) is 12.8. The predicted molar refractivity (Wildman–Crippen MR) is 78.5 cm³/mol. The smallest absolute Gasteiger partial charge is 0.249 e. The second-order valence-electron chi connectivity index (χ2n) is 5.06. The number of ether oxygens (including phenoxy) is 1. The maximum Gasteiger partial charge on any atom is 0.249 e. The second kappa shape index (κ2) is 5.76. The van der Waals surface area contributed by atoms with Gasteiger partial charge in [0.05, 0.1) is 24.1 Å². The van der Waals surface area contributed by atoms with E-state index in [2.05, 4.69) is 4.98 Å². The number of aromatic carboxylic acids is 1. The topological polar surface area (TPSA) is 120 Å². The number of hydrogen-bond donors (Lipinski definition) is 1. The van der Waals surface area contributed by atoms with Gasteiger partial charge in [-0.25, -0.2) is 8.42 Å². The fourth-order valence-electron chi connectivity index (χ4n) is 2.50. The van der Waals surface area contributed by atoms with Crippen LogP contribution < -0.4 is 10.7 Å². The Bertz CT molecular complexity index is 928. The lowest BCUT2D eigenvalue weighted by molar-refractivity contribution is -0.254. The van der Waals surface area contributed by atoms with E-state index >= 15 is 0 Å². The molecule has 1 saturated heterocycles. The van der Waals surface area contributed by atoms with Crippen molar-refractivity contribution in [2.24, 2.45) is 0 Å². The molecule has 0 saturated carbocycles. The maximum absolute atomic E-state index is 12.6. The number of carbonyl (C=O) groups is 1. The summed E-state index contributed by atoms with van der Waals surface area (Å²) in [6.45, 7) is 1.09. The number of morpholine rings is 1. The molecule has 8 nitrogen and oxygen atoms in total. The van der Waals surface area contributed by atoms with Crippen molar-refractivity contribution in [3.05, 3.63) is 40.2 Å². The van der Waals surface area contributed by atoms with Crippen LogP contribution in [0.2, 0.25) is 0 Å². The van der Waals surface area contributed by atoms with Crippen LogP contribution in [0.5, 0.6) is 0 Å². The number of fused-ring (bicyclic) bond motifs is 1. The molecule has 2 aromatic rings. The Kier molecular flexibility index (Phi) is 3.92. The first kappa shape index (κ1) is 15.7. The second-order valence-corrected chi connectivity index (χ2v) is 7.00. The van der Waals surface area contributed by atoms with Crippen molar-refractivity contribution in [2.75, 3.05) is 26.3 Å². The third-order valence-electron chi connectivity index (χ3n) is 3.64. The molecule has 1 fully saturated rings. The Balaban J connectivity index is 2.16. The van der Waals surface area contributed by atoms with Crippen molar-refractivity contribution in [1.29, 1.82) is 0 Å². The third-order valence-corrected chi connectivity index (χ3v) is 5.54. The van der Waals surface area contributed by atoms with E-state index in [0.717, 1.165) is 6.07 Å². The summed E-state index contributed by atoms with van der Waals surface area (Å²) in [4.78, 5) is 25.1. The number of H-pyrrole nitrogens is 1. The Labute approximate surface area is 131 Å². The van der Waals surface area contributed by atoms with Crippen molar-refractivity contribution >= 4 is 26.9 Å². The van der Waals surface area contributed by atoms with Gasteiger partial charge in [-0.3, -0.25) is 4.79 Å². The molecule has 0 bridgehead atoms. The molecule has 0 radical (unpaired) electrons. The molecule has 9 heteroatoms. The number of pyridine rings is 1. The number of sulfonamides is 1. The molecule has 0 unspecified atom stereocenters. The molecule has 0 spiro atoms. The van der Waals surface area contributed by atoms with E-state index in [4.69, 9.17) is 4.74 Å². The summed E-state index contributed by atoms with van der Waals surface area (Å²) in [7, 11) is -3.76. The average Bonchev–Trinajstić information content (AvgIpc) is 2.54. The molecule has 1 N–H and O–H groups in total. The number of hydrogen-bond acceptors (Lipinski definition) is 6. The summed E-state index contributed by atoms with van der Waals surface area (Å²) in [5.74, 6) is -1.54. The lowest BCUT2D eigenvalue weighted by Gasteiger charge is -2.26. The molecule has 0 atom stereocenters. The molecule has 23 heavy (non-hydrogen) atoms. The van der Waals surface area contributed by atoms with Gasteiger partial charge in [-0.05, 0) is 18.2 Å². The Morgan fingerprint density at radius 3 is 2.57 bits per heavy atom. The average molecular weight is 337 g/mol. The first-order chi connectivity index (χ1) is 10.9. The van der Waals surface area contributed by atoms with Crippen LogP contribution in [0.25, 0.3) is 10.9 Å². The Morgan fingerprint density at radius 1 is 1.22 bits per heavy atom. The molecule has 2 heterocycles. The molecule has 1 aromatic carbocycles.